The number of aryl methyl sites for hydroxylation is 1. The van der Waals surface area contributed by atoms with Crippen LogP contribution in [0.2, 0.25) is 0 Å². The van der Waals surface area contributed by atoms with Gasteiger partial charge in [-0.15, -0.1) is 0 Å². The van der Waals surface area contributed by atoms with E-state index in [2.05, 4.69) is 14.7 Å². The molecular formula is C15H13N3O6S. The lowest BCUT2D eigenvalue weighted by atomic mass is 10.2. The predicted octanol–water partition coefficient (Wildman–Crippen LogP) is 1.37. The number of anilines is 1. The molecule has 0 unspecified atom stereocenters. The Morgan fingerprint density at radius 1 is 1.12 bits per heavy atom. The number of carbonyl (C=O) groups is 1. The van der Waals surface area contributed by atoms with Crippen LogP contribution in [0.25, 0.3) is 11.0 Å². The smallest absolute Gasteiger partial charge is 0.339 e. The third-order valence-electron chi connectivity index (χ3n) is 3.58. The zero-order chi connectivity index (χ0) is 18.4. The van der Waals surface area contributed by atoms with Crippen LogP contribution in [0.1, 0.15) is 15.9 Å². The van der Waals surface area contributed by atoms with Crippen molar-refractivity contribution >= 4 is 32.7 Å². The highest BCUT2D eigenvalue weighted by Gasteiger charge is 2.20. The summed E-state index contributed by atoms with van der Waals surface area (Å²) in [4.78, 5) is 27.2. The fourth-order valence-corrected chi connectivity index (χ4v) is 3.75. The number of aromatic carboxylic acids is 1. The van der Waals surface area contributed by atoms with Gasteiger partial charge in [-0.05, 0) is 36.8 Å². The van der Waals surface area contributed by atoms with E-state index in [1.807, 2.05) is 0 Å². The molecule has 2 aromatic carbocycles. The monoisotopic (exact) mass is 363 g/mol. The van der Waals surface area contributed by atoms with Gasteiger partial charge in [0.2, 0.25) is 0 Å². The molecule has 3 aromatic rings. The van der Waals surface area contributed by atoms with Gasteiger partial charge in [-0.1, -0.05) is 0 Å². The number of fused-ring (bicyclic) bond motifs is 1. The number of nitrogens with one attached hydrogen (secondary N) is 3. The molecule has 130 valence electrons. The number of imidazole rings is 1. The second kappa shape index (κ2) is 5.67. The van der Waals surface area contributed by atoms with E-state index >= 15 is 0 Å². The first-order valence-corrected chi connectivity index (χ1v) is 8.47. The Morgan fingerprint density at radius 2 is 1.76 bits per heavy atom. The molecule has 5 N–H and O–H groups in total. The van der Waals surface area contributed by atoms with Crippen molar-refractivity contribution in [1.82, 2.24) is 9.97 Å². The van der Waals surface area contributed by atoms with Crippen molar-refractivity contribution in [3.8, 4) is 5.75 Å². The van der Waals surface area contributed by atoms with E-state index in [4.69, 9.17) is 5.11 Å². The van der Waals surface area contributed by atoms with Gasteiger partial charge in [0.1, 0.15) is 11.3 Å². The zero-order valence-corrected chi connectivity index (χ0v) is 13.6. The fourth-order valence-electron chi connectivity index (χ4n) is 2.45. The lowest BCUT2D eigenvalue weighted by molar-refractivity contribution is 0.0694. The summed E-state index contributed by atoms with van der Waals surface area (Å²) in [5, 5.41) is 18.5. The molecular weight excluding hydrogens is 350 g/mol. The van der Waals surface area contributed by atoms with E-state index < -0.39 is 27.4 Å². The number of carboxylic acids is 1. The number of phenols is 1. The average Bonchev–Trinajstić information content (AvgIpc) is 2.84. The van der Waals surface area contributed by atoms with Gasteiger partial charge in [0.15, 0.2) is 0 Å². The minimum absolute atomic E-state index is 0.00422. The number of aromatic hydroxyl groups is 1. The van der Waals surface area contributed by atoms with Crippen LogP contribution in [0, 0.1) is 6.92 Å². The molecule has 0 spiro atoms. The predicted molar refractivity (Wildman–Crippen MR) is 89.5 cm³/mol. The normalized spacial score (nSPS) is 11.6. The first-order valence-electron chi connectivity index (χ1n) is 6.99. The van der Waals surface area contributed by atoms with E-state index in [0.717, 1.165) is 12.1 Å². The highest BCUT2D eigenvalue weighted by Crippen LogP contribution is 2.26. The van der Waals surface area contributed by atoms with Crippen molar-refractivity contribution in [3.63, 3.8) is 0 Å². The minimum Gasteiger partial charge on any atom is -0.507 e. The lowest BCUT2D eigenvalue weighted by Gasteiger charge is -2.11. The maximum atomic E-state index is 12.6. The van der Waals surface area contributed by atoms with Crippen LogP contribution in [-0.2, 0) is 10.0 Å². The molecule has 0 atom stereocenters. The fraction of sp³-hybridized carbons (Fsp3) is 0.0667. The van der Waals surface area contributed by atoms with E-state index in [0.29, 0.717) is 16.6 Å². The van der Waals surface area contributed by atoms with Gasteiger partial charge < -0.3 is 20.2 Å². The van der Waals surface area contributed by atoms with Crippen molar-refractivity contribution in [2.75, 3.05) is 4.72 Å². The molecule has 0 saturated carbocycles. The summed E-state index contributed by atoms with van der Waals surface area (Å²) in [5.41, 5.74) is 0.424. The largest absolute Gasteiger partial charge is 0.507 e. The first kappa shape index (κ1) is 16.6. The Labute approximate surface area is 141 Å². The third kappa shape index (κ3) is 3.06. The molecule has 1 heterocycles. The molecule has 0 aliphatic heterocycles. The number of hydrogen-bond acceptors (Lipinski definition) is 5. The molecule has 1 aromatic heterocycles. The Bertz CT molecular complexity index is 1160. The second-order valence-electron chi connectivity index (χ2n) is 5.38. The summed E-state index contributed by atoms with van der Waals surface area (Å²) in [7, 11) is -4.02. The number of rotatable bonds is 4. The summed E-state index contributed by atoms with van der Waals surface area (Å²) in [6, 6.07) is 6.16. The van der Waals surface area contributed by atoms with Crippen molar-refractivity contribution < 1.29 is 23.4 Å². The Morgan fingerprint density at radius 3 is 2.36 bits per heavy atom. The summed E-state index contributed by atoms with van der Waals surface area (Å²) in [5.74, 6) is -1.89. The van der Waals surface area contributed by atoms with Crippen molar-refractivity contribution in [1.29, 1.82) is 0 Å². The van der Waals surface area contributed by atoms with Crippen molar-refractivity contribution in [2.45, 2.75) is 11.8 Å². The van der Waals surface area contributed by atoms with Crippen molar-refractivity contribution in [3.05, 3.63) is 51.9 Å². The van der Waals surface area contributed by atoms with Crippen LogP contribution in [0.4, 0.5) is 5.69 Å². The minimum atomic E-state index is -4.02. The number of sulfonamides is 1. The molecule has 0 aliphatic carbocycles. The highest BCUT2D eigenvalue weighted by molar-refractivity contribution is 7.92. The van der Waals surface area contributed by atoms with Crippen LogP contribution >= 0.6 is 0 Å². The first-order chi connectivity index (χ1) is 11.7. The number of hydrogen-bond donors (Lipinski definition) is 5. The number of H-pyrrole nitrogens is 2. The lowest BCUT2D eigenvalue weighted by Crippen LogP contribution is -2.14. The van der Waals surface area contributed by atoms with E-state index in [9.17, 15) is 23.1 Å². The standard InChI is InChI=1S/C15H13N3O6S/c1-7-4-10-11(17-15(22)16-10)6-13(7)25(23,24)18-8-2-3-9(14(20)21)12(19)5-8/h2-6,18-19H,1H3,(H,20,21)(H2,16,17,22). The van der Waals surface area contributed by atoms with Crippen LogP contribution < -0.4 is 10.4 Å². The van der Waals surface area contributed by atoms with Crippen LogP contribution in [0.15, 0.2) is 40.0 Å². The summed E-state index contributed by atoms with van der Waals surface area (Å²) in [6.07, 6.45) is 0. The van der Waals surface area contributed by atoms with Gasteiger partial charge >= 0.3 is 11.7 Å². The molecule has 0 saturated heterocycles. The van der Waals surface area contributed by atoms with Crippen LogP contribution in [-0.4, -0.2) is 34.6 Å². The number of aromatic amines is 2. The molecule has 10 heteroatoms. The molecule has 0 amide bonds. The number of benzene rings is 2. The Kier molecular flexibility index (Phi) is 3.76. The van der Waals surface area contributed by atoms with Gasteiger partial charge in [-0.3, -0.25) is 4.72 Å². The van der Waals surface area contributed by atoms with E-state index in [1.165, 1.54) is 18.2 Å². The quantitative estimate of drug-likeness (QED) is 0.472. The maximum Gasteiger partial charge on any atom is 0.339 e. The summed E-state index contributed by atoms with van der Waals surface area (Å²) >= 11 is 0. The van der Waals surface area contributed by atoms with E-state index in [-0.39, 0.29) is 16.1 Å². The van der Waals surface area contributed by atoms with Crippen LogP contribution in [0.5, 0.6) is 5.75 Å². The molecule has 0 fully saturated rings. The van der Waals surface area contributed by atoms with Gasteiger partial charge in [-0.2, -0.15) is 0 Å². The second-order valence-corrected chi connectivity index (χ2v) is 7.04. The molecule has 0 radical (unpaired) electrons. The van der Waals surface area contributed by atoms with Crippen molar-refractivity contribution in [2.24, 2.45) is 0 Å². The van der Waals surface area contributed by atoms with Gasteiger partial charge in [0.25, 0.3) is 10.0 Å². The highest BCUT2D eigenvalue weighted by atomic mass is 32.2. The van der Waals surface area contributed by atoms with E-state index in [1.54, 1.807) is 6.92 Å². The maximum absolute atomic E-state index is 12.6. The van der Waals surface area contributed by atoms with Gasteiger partial charge in [-0.25, -0.2) is 18.0 Å². The topological polar surface area (TPSA) is 152 Å². The Hall–Kier alpha value is -3.27. The SMILES string of the molecule is Cc1cc2[nH]c(=O)[nH]c2cc1S(=O)(=O)Nc1ccc(C(=O)O)c(O)c1. The number of aromatic nitrogens is 2. The zero-order valence-electron chi connectivity index (χ0n) is 12.8. The van der Waals surface area contributed by atoms with Gasteiger partial charge in [0.05, 0.1) is 21.6 Å². The summed E-state index contributed by atoms with van der Waals surface area (Å²) < 4.78 is 27.5. The molecule has 3 rings (SSSR count). The summed E-state index contributed by atoms with van der Waals surface area (Å²) in [6.45, 7) is 1.57. The average molecular weight is 363 g/mol. The molecule has 0 aliphatic rings. The molecule has 9 nitrogen and oxygen atoms in total. The van der Waals surface area contributed by atoms with Gasteiger partial charge in [0, 0.05) is 6.07 Å². The Balaban J connectivity index is 2.02. The third-order valence-corrected chi connectivity index (χ3v) is 5.10. The van der Waals surface area contributed by atoms with Crippen LogP contribution in [0.3, 0.4) is 0 Å². The molecule has 0 bridgehead atoms. The number of carboxylic acid groups (broad SMARTS) is 1. The molecule has 25 heavy (non-hydrogen) atoms.